The Hall–Kier alpha value is -3.00. The van der Waals surface area contributed by atoms with E-state index in [4.69, 9.17) is 0 Å². The summed E-state index contributed by atoms with van der Waals surface area (Å²) in [5.74, 6) is -0.783. The van der Waals surface area contributed by atoms with Crippen molar-refractivity contribution in [2.75, 3.05) is 4.90 Å². The molecule has 3 aromatic rings. The summed E-state index contributed by atoms with van der Waals surface area (Å²) in [7, 11) is 0. The number of alkyl halides is 2. The van der Waals surface area contributed by atoms with Crippen molar-refractivity contribution in [3.05, 3.63) is 66.0 Å². The summed E-state index contributed by atoms with van der Waals surface area (Å²) in [5, 5.41) is 3.55. The van der Waals surface area contributed by atoms with Crippen LogP contribution in [0.3, 0.4) is 0 Å². The maximum atomic E-state index is 13.2. The van der Waals surface area contributed by atoms with Crippen molar-refractivity contribution in [2.45, 2.75) is 23.3 Å². The Balaban J connectivity index is 1.91. The Kier molecular flexibility index (Phi) is 4.27. The van der Waals surface area contributed by atoms with E-state index in [0.717, 1.165) is 16.0 Å². The Morgan fingerprint density at radius 2 is 1.78 bits per heavy atom. The average molecular weight is 385 g/mol. The maximum Gasteiger partial charge on any atom is 0.333 e. The van der Waals surface area contributed by atoms with Gasteiger partial charge in [0.15, 0.2) is 5.78 Å². The molecule has 0 atom stereocenters. The van der Waals surface area contributed by atoms with Gasteiger partial charge in [-0.1, -0.05) is 30.0 Å². The predicted octanol–water partition coefficient (Wildman–Crippen LogP) is 4.92. The van der Waals surface area contributed by atoms with Gasteiger partial charge in [-0.15, -0.1) is 0 Å². The second kappa shape index (κ2) is 6.62. The lowest BCUT2D eigenvalue weighted by Crippen LogP contribution is -2.31. The van der Waals surface area contributed by atoms with E-state index in [2.05, 4.69) is 5.10 Å². The van der Waals surface area contributed by atoms with Gasteiger partial charge in [0.2, 0.25) is 0 Å². The summed E-state index contributed by atoms with van der Waals surface area (Å²) in [6.45, 7) is -1.50. The molecule has 0 N–H and O–H groups in total. The van der Waals surface area contributed by atoms with Crippen molar-refractivity contribution in [1.82, 2.24) is 9.78 Å². The van der Waals surface area contributed by atoms with Gasteiger partial charge in [-0.3, -0.25) is 14.5 Å². The van der Waals surface area contributed by atoms with Crippen LogP contribution in [-0.4, -0.2) is 21.5 Å². The molecule has 2 heterocycles. The maximum absolute atomic E-state index is 13.2. The first-order valence-corrected chi connectivity index (χ1v) is 8.87. The van der Waals surface area contributed by atoms with Crippen LogP contribution in [-0.2, 0) is 0 Å². The van der Waals surface area contributed by atoms with E-state index < -0.39 is 12.5 Å². The third kappa shape index (κ3) is 2.91. The second-order valence-corrected chi connectivity index (χ2v) is 6.97. The zero-order valence-electron chi connectivity index (χ0n) is 14.1. The van der Waals surface area contributed by atoms with Crippen molar-refractivity contribution >= 4 is 34.8 Å². The predicted molar refractivity (Wildman–Crippen MR) is 97.0 cm³/mol. The number of benzene rings is 2. The zero-order chi connectivity index (χ0) is 19.1. The van der Waals surface area contributed by atoms with E-state index in [9.17, 15) is 18.4 Å². The lowest BCUT2D eigenvalue weighted by Gasteiger charge is -2.31. The fourth-order valence-corrected chi connectivity index (χ4v) is 3.98. The topological polar surface area (TPSA) is 55.2 Å². The molecule has 2 aromatic carbocycles. The van der Waals surface area contributed by atoms with E-state index in [1.807, 2.05) is 12.1 Å². The van der Waals surface area contributed by atoms with Gasteiger partial charge in [-0.2, -0.15) is 18.6 Å². The highest BCUT2D eigenvalue weighted by atomic mass is 32.2. The standard InChI is InChI=1S/C19H13F2N3O2S/c1-11(25)12-6-7-17-15(10-12)23(13-4-2-3-5-16(13)27-17)18(26)14-8-9-22-24(14)19(20)21/h2-10,19H,1H3. The van der Waals surface area contributed by atoms with Crippen LogP contribution < -0.4 is 4.90 Å². The van der Waals surface area contributed by atoms with Crippen LogP contribution in [0.4, 0.5) is 20.2 Å². The van der Waals surface area contributed by atoms with E-state index in [1.54, 1.807) is 30.3 Å². The molecule has 1 aliphatic heterocycles. The first-order chi connectivity index (χ1) is 13.0. The van der Waals surface area contributed by atoms with Crippen LogP contribution in [0.5, 0.6) is 0 Å². The molecule has 4 rings (SSSR count). The summed E-state index contributed by atoms with van der Waals surface area (Å²) in [5.41, 5.74) is 1.26. The fourth-order valence-electron chi connectivity index (χ4n) is 2.95. The lowest BCUT2D eigenvalue weighted by molar-refractivity contribution is 0.0517. The number of nitrogens with zero attached hydrogens (tertiary/aromatic N) is 3. The van der Waals surface area contributed by atoms with Gasteiger partial charge in [0.1, 0.15) is 5.69 Å². The third-order valence-corrected chi connectivity index (χ3v) is 5.34. The minimum atomic E-state index is -2.93. The van der Waals surface area contributed by atoms with Gasteiger partial charge >= 0.3 is 6.55 Å². The van der Waals surface area contributed by atoms with Crippen molar-refractivity contribution in [3.63, 3.8) is 0 Å². The number of hydrogen-bond acceptors (Lipinski definition) is 4. The lowest BCUT2D eigenvalue weighted by atomic mass is 10.1. The molecule has 136 valence electrons. The molecule has 1 amide bonds. The number of carbonyl (C=O) groups excluding carboxylic acids is 2. The molecule has 27 heavy (non-hydrogen) atoms. The molecule has 0 radical (unpaired) electrons. The fraction of sp³-hybridized carbons (Fsp3) is 0.105. The van der Waals surface area contributed by atoms with Gasteiger partial charge in [0.25, 0.3) is 5.91 Å². The highest BCUT2D eigenvalue weighted by Gasteiger charge is 2.32. The van der Waals surface area contributed by atoms with Crippen LogP contribution in [0.2, 0.25) is 0 Å². The van der Waals surface area contributed by atoms with Crippen molar-refractivity contribution in [3.8, 4) is 0 Å². The number of Topliss-reactive ketones (excluding diaryl/α,β-unsaturated/α-hetero) is 1. The Labute approximate surface area is 157 Å². The number of halogens is 2. The number of amides is 1. The SMILES string of the molecule is CC(=O)c1ccc2c(c1)N(C(=O)c1ccnn1C(F)F)c1ccccc1S2. The minimum absolute atomic E-state index is 0.147. The van der Waals surface area contributed by atoms with Crippen LogP contribution >= 0.6 is 11.8 Å². The van der Waals surface area contributed by atoms with Crippen molar-refractivity contribution < 1.29 is 18.4 Å². The summed E-state index contributed by atoms with van der Waals surface area (Å²) in [6.07, 6.45) is 1.16. The quantitative estimate of drug-likeness (QED) is 0.600. The Morgan fingerprint density at radius 1 is 1.04 bits per heavy atom. The monoisotopic (exact) mass is 385 g/mol. The molecule has 0 fully saturated rings. The van der Waals surface area contributed by atoms with Gasteiger partial charge in [0, 0.05) is 21.6 Å². The van der Waals surface area contributed by atoms with E-state index in [-0.39, 0.29) is 11.5 Å². The highest BCUT2D eigenvalue weighted by molar-refractivity contribution is 7.99. The van der Waals surface area contributed by atoms with Crippen LogP contribution in [0.1, 0.15) is 34.3 Å². The van der Waals surface area contributed by atoms with E-state index in [1.165, 1.54) is 29.7 Å². The number of carbonyl (C=O) groups is 2. The normalized spacial score (nSPS) is 12.7. The molecular weight excluding hydrogens is 372 g/mol. The first kappa shape index (κ1) is 17.4. The third-order valence-electron chi connectivity index (χ3n) is 4.21. The minimum Gasteiger partial charge on any atom is -0.295 e. The molecule has 0 unspecified atom stereocenters. The Morgan fingerprint density at radius 3 is 2.52 bits per heavy atom. The molecule has 1 aromatic heterocycles. The van der Waals surface area contributed by atoms with Gasteiger partial charge < -0.3 is 0 Å². The largest absolute Gasteiger partial charge is 0.333 e. The molecule has 0 saturated carbocycles. The second-order valence-electron chi connectivity index (χ2n) is 5.89. The molecule has 0 bridgehead atoms. The summed E-state index contributed by atoms with van der Waals surface area (Å²) in [4.78, 5) is 28.0. The summed E-state index contributed by atoms with van der Waals surface area (Å²) < 4.78 is 26.9. The molecule has 0 spiro atoms. The number of fused-ring (bicyclic) bond motifs is 2. The van der Waals surface area contributed by atoms with Gasteiger partial charge in [-0.25, -0.2) is 0 Å². The van der Waals surface area contributed by atoms with E-state index in [0.29, 0.717) is 21.6 Å². The number of rotatable bonds is 3. The smallest absolute Gasteiger partial charge is 0.295 e. The summed E-state index contributed by atoms with van der Waals surface area (Å²) >= 11 is 1.46. The van der Waals surface area contributed by atoms with Crippen molar-refractivity contribution in [2.24, 2.45) is 0 Å². The molecule has 8 heteroatoms. The number of hydrogen-bond donors (Lipinski definition) is 0. The van der Waals surface area contributed by atoms with E-state index >= 15 is 0 Å². The molecule has 1 aliphatic rings. The van der Waals surface area contributed by atoms with Crippen LogP contribution in [0.15, 0.2) is 64.5 Å². The molecular formula is C19H13F2N3O2S. The number of anilines is 2. The number of ketones is 1. The molecule has 0 aliphatic carbocycles. The van der Waals surface area contributed by atoms with Crippen molar-refractivity contribution in [1.29, 1.82) is 0 Å². The van der Waals surface area contributed by atoms with Gasteiger partial charge in [0.05, 0.1) is 11.4 Å². The summed E-state index contributed by atoms with van der Waals surface area (Å²) in [6, 6.07) is 13.5. The Bertz CT molecular complexity index is 1060. The average Bonchev–Trinajstić information content (AvgIpc) is 3.15. The molecule has 0 saturated heterocycles. The molecule has 5 nitrogen and oxygen atoms in total. The number of para-hydroxylation sites is 1. The number of aromatic nitrogens is 2. The first-order valence-electron chi connectivity index (χ1n) is 8.05. The van der Waals surface area contributed by atoms with Crippen LogP contribution in [0, 0.1) is 0 Å². The zero-order valence-corrected chi connectivity index (χ0v) is 14.9. The highest BCUT2D eigenvalue weighted by Crippen LogP contribution is 2.48. The van der Waals surface area contributed by atoms with Crippen LogP contribution in [0.25, 0.3) is 0 Å². The van der Waals surface area contributed by atoms with Gasteiger partial charge in [-0.05, 0) is 37.3 Å².